The molecule has 2 saturated heterocycles. The van der Waals surface area contributed by atoms with Crippen LogP contribution < -0.4 is 4.90 Å². The summed E-state index contributed by atoms with van der Waals surface area (Å²) in [6, 6.07) is 2.01. The number of carbonyl (C=O) groups is 1. The van der Waals surface area contributed by atoms with E-state index in [1.54, 1.807) is 0 Å². The third-order valence-corrected chi connectivity index (χ3v) is 4.11. The van der Waals surface area contributed by atoms with Crippen LogP contribution in [-0.2, 0) is 14.3 Å². The van der Waals surface area contributed by atoms with E-state index < -0.39 is 6.29 Å². The van der Waals surface area contributed by atoms with Crippen molar-refractivity contribution in [3.8, 4) is 0 Å². The highest BCUT2D eigenvalue weighted by atomic mass is 16.7. The van der Waals surface area contributed by atoms with Gasteiger partial charge in [-0.05, 0) is 6.92 Å². The van der Waals surface area contributed by atoms with Gasteiger partial charge in [0, 0.05) is 43.9 Å². The minimum atomic E-state index is -0.713. The lowest BCUT2D eigenvalue weighted by molar-refractivity contribution is -0.158. The summed E-state index contributed by atoms with van der Waals surface area (Å²) < 4.78 is 10.6. The van der Waals surface area contributed by atoms with Crippen LogP contribution in [0.25, 0.3) is 0 Å². The predicted molar refractivity (Wildman–Crippen MR) is 85.3 cm³/mol. The highest BCUT2D eigenvalue weighted by Crippen LogP contribution is 2.19. The van der Waals surface area contributed by atoms with Crippen molar-refractivity contribution in [3.05, 3.63) is 17.6 Å². The summed E-state index contributed by atoms with van der Waals surface area (Å²) in [5.41, 5.74) is 0.977. The number of anilines is 1. The molecule has 0 atom stereocenters. The number of aromatic nitrogens is 2. The molecular formula is C16H24N4O3. The number of amides is 1. The van der Waals surface area contributed by atoms with Crippen molar-refractivity contribution in [1.82, 2.24) is 14.9 Å². The number of hydrogen-bond donors (Lipinski definition) is 0. The Bertz CT molecular complexity index is 564. The number of carbonyl (C=O) groups excluding carboxylic acids is 1. The first-order valence-electron chi connectivity index (χ1n) is 8.17. The van der Waals surface area contributed by atoms with E-state index in [1.165, 1.54) is 0 Å². The second kappa shape index (κ2) is 6.80. The van der Waals surface area contributed by atoms with Gasteiger partial charge in [0.25, 0.3) is 5.91 Å². The fraction of sp³-hybridized carbons (Fsp3) is 0.688. The topological polar surface area (TPSA) is 67.8 Å². The van der Waals surface area contributed by atoms with Gasteiger partial charge in [0.05, 0.1) is 13.2 Å². The molecule has 0 bridgehead atoms. The third kappa shape index (κ3) is 3.61. The maximum Gasteiger partial charge on any atom is 0.279 e. The zero-order chi connectivity index (χ0) is 16.4. The molecular weight excluding hydrogens is 296 g/mol. The summed E-state index contributed by atoms with van der Waals surface area (Å²) in [6.07, 6.45) is -0.713. The van der Waals surface area contributed by atoms with Crippen LogP contribution in [0.4, 0.5) is 5.82 Å². The lowest BCUT2D eigenvalue weighted by Crippen LogP contribution is -2.52. The van der Waals surface area contributed by atoms with Crippen LogP contribution in [0, 0.1) is 6.92 Å². The van der Waals surface area contributed by atoms with Gasteiger partial charge < -0.3 is 19.3 Å². The van der Waals surface area contributed by atoms with Crippen molar-refractivity contribution in [2.24, 2.45) is 0 Å². The lowest BCUT2D eigenvalue weighted by atomic mass is 10.2. The highest BCUT2D eigenvalue weighted by Gasteiger charge is 2.31. The summed E-state index contributed by atoms with van der Waals surface area (Å²) in [5, 5.41) is 0. The van der Waals surface area contributed by atoms with E-state index in [9.17, 15) is 4.79 Å². The Morgan fingerprint density at radius 2 is 1.83 bits per heavy atom. The summed E-state index contributed by atoms with van der Waals surface area (Å²) in [5.74, 6) is 2.05. The largest absolute Gasteiger partial charge is 0.353 e. The molecule has 7 heteroatoms. The number of nitrogens with zero attached hydrogens (tertiary/aromatic N) is 4. The Labute approximate surface area is 136 Å². The van der Waals surface area contributed by atoms with Crippen molar-refractivity contribution in [2.75, 3.05) is 44.3 Å². The Kier molecular flexibility index (Phi) is 4.77. The van der Waals surface area contributed by atoms with Crippen molar-refractivity contribution in [1.29, 1.82) is 0 Å². The monoisotopic (exact) mass is 320 g/mol. The molecule has 0 spiro atoms. The van der Waals surface area contributed by atoms with Gasteiger partial charge in [-0.15, -0.1) is 0 Å². The van der Waals surface area contributed by atoms with Crippen molar-refractivity contribution < 1.29 is 14.3 Å². The van der Waals surface area contributed by atoms with Crippen LogP contribution in [0.1, 0.15) is 31.3 Å². The van der Waals surface area contributed by atoms with Gasteiger partial charge in [0.2, 0.25) is 6.29 Å². The Hall–Kier alpha value is -1.73. The Morgan fingerprint density at radius 1 is 1.17 bits per heavy atom. The van der Waals surface area contributed by atoms with Gasteiger partial charge in [-0.3, -0.25) is 4.79 Å². The first kappa shape index (κ1) is 16.1. The number of rotatable bonds is 3. The molecule has 1 amide bonds. The van der Waals surface area contributed by atoms with Crippen LogP contribution in [0.5, 0.6) is 0 Å². The number of aryl methyl sites for hydroxylation is 1. The smallest absolute Gasteiger partial charge is 0.279 e. The fourth-order valence-electron chi connectivity index (χ4n) is 2.80. The standard InChI is InChI=1S/C16H24N4O3/c1-11(2)14-17-12(3)10-13(18-14)19-4-6-20(7-5-19)15(21)16-22-8-9-23-16/h10-11,16H,4-9H2,1-3H3. The predicted octanol–water partition coefficient (Wildman–Crippen LogP) is 0.930. The number of piperazine rings is 1. The quantitative estimate of drug-likeness (QED) is 0.825. The third-order valence-electron chi connectivity index (χ3n) is 4.11. The number of hydrogen-bond acceptors (Lipinski definition) is 6. The minimum Gasteiger partial charge on any atom is -0.353 e. The molecule has 1 aromatic rings. The summed E-state index contributed by atoms with van der Waals surface area (Å²) in [6.45, 7) is 9.99. The molecule has 2 aliphatic rings. The molecule has 1 aromatic heterocycles. The minimum absolute atomic E-state index is 0.0658. The Balaban J connectivity index is 1.63. The maximum atomic E-state index is 12.3. The number of ether oxygens (including phenoxy) is 2. The molecule has 3 rings (SSSR count). The van der Waals surface area contributed by atoms with Gasteiger partial charge in [-0.2, -0.15) is 0 Å². The van der Waals surface area contributed by atoms with E-state index in [0.717, 1.165) is 30.4 Å². The molecule has 3 heterocycles. The second-order valence-corrected chi connectivity index (χ2v) is 6.27. The van der Waals surface area contributed by atoms with Gasteiger partial charge in [-0.1, -0.05) is 13.8 Å². The van der Waals surface area contributed by atoms with Gasteiger partial charge in [-0.25, -0.2) is 9.97 Å². The molecule has 0 aromatic carbocycles. The van der Waals surface area contributed by atoms with Crippen molar-refractivity contribution >= 4 is 11.7 Å². The molecule has 0 saturated carbocycles. The second-order valence-electron chi connectivity index (χ2n) is 6.27. The van der Waals surface area contributed by atoms with Crippen LogP contribution in [0.15, 0.2) is 6.07 Å². The van der Waals surface area contributed by atoms with Crippen LogP contribution >= 0.6 is 0 Å². The molecule has 2 aliphatic heterocycles. The zero-order valence-corrected chi connectivity index (χ0v) is 14.0. The van der Waals surface area contributed by atoms with Crippen LogP contribution in [0.3, 0.4) is 0 Å². The van der Waals surface area contributed by atoms with Crippen molar-refractivity contribution in [3.63, 3.8) is 0 Å². The van der Waals surface area contributed by atoms with Crippen LogP contribution in [0.2, 0.25) is 0 Å². The molecule has 0 aliphatic carbocycles. The first-order chi connectivity index (χ1) is 11.0. The lowest BCUT2D eigenvalue weighted by Gasteiger charge is -2.36. The average Bonchev–Trinajstić information content (AvgIpc) is 3.08. The normalized spacial score (nSPS) is 19.7. The van der Waals surface area contributed by atoms with E-state index >= 15 is 0 Å². The van der Waals surface area contributed by atoms with E-state index in [4.69, 9.17) is 9.47 Å². The molecule has 2 fully saturated rings. The van der Waals surface area contributed by atoms with Gasteiger partial charge >= 0.3 is 0 Å². The zero-order valence-electron chi connectivity index (χ0n) is 14.0. The highest BCUT2D eigenvalue weighted by molar-refractivity contribution is 5.80. The molecule has 0 N–H and O–H groups in total. The van der Waals surface area contributed by atoms with E-state index in [0.29, 0.717) is 32.2 Å². The van der Waals surface area contributed by atoms with E-state index in [1.807, 2.05) is 17.9 Å². The van der Waals surface area contributed by atoms with Gasteiger partial charge in [0.15, 0.2) is 0 Å². The Morgan fingerprint density at radius 3 is 2.43 bits per heavy atom. The molecule has 126 valence electrons. The molecule has 0 radical (unpaired) electrons. The first-order valence-corrected chi connectivity index (χ1v) is 8.17. The SMILES string of the molecule is Cc1cc(N2CCN(C(=O)C3OCCO3)CC2)nc(C(C)C)n1. The molecule has 0 unspecified atom stereocenters. The molecule has 23 heavy (non-hydrogen) atoms. The van der Waals surface area contributed by atoms with Crippen molar-refractivity contribution in [2.45, 2.75) is 33.0 Å². The summed E-state index contributed by atoms with van der Waals surface area (Å²) in [7, 11) is 0. The maximum absolute atomic E-state index is 12.3. The fourth-order valence-corrected chi connectivity index (χ4v) is 2.80. The summed E-state index contributed by atoms with van der Waals surface area (Å²) >= 11 is 0. The van der Waals surface area contributed by atoms with E-state index in [2.05, 4.69) is 28.7 Å². The molecule has 7 nitrogen and oxygen atoms in total. The summed E-state index contributed by atoms with van der Waals surface area (Å²) in [4.78, 5) is 25.4. The average molecular weight is 320 g/mol. The van der Waals surface area contributed by atoms with E-state index in [-0.39, 0.29) is 5.91 Å². The van der Waals surface area contributed by atoms with Gasteiger partial charge in [0.1, 0.15) is 11.6 Å². The van der Waals surface area contributed by atoms with Crippen LogP contribution in [-0.4, -0.2) is 66.5 Å².